The summed E-state index contributed by atoms with van der Waals surface area (Å²) in [7, 11) is 0. The minimum absolute atomic E-state index is 0.563. The van der Waals surface area contributed by atoms with Crippen molar-refractivity contribution in [2.75, 3.05) is 0 Å². The first kappa shape index (κ1) is 16.4. The van der Waals surface area contributed by atoms with Crippen LogP contribution in [0.5, 0.6) is 5.75 Å². The van der Waals surface area contributed by atoms with Crippen LogP contribution >= 0.6 is 13.6 Å². The van der Waals surface area contributed by atoms with E-state index in [0.29, 0.717) is 12.5 Å². The second-order valence-corrected chi connectivity index (χ2v) is 4.42. The topological polar surface area (TPSA) is 9.23 Å². The molecule has 2 aromatic rings. The summed E-state index contributed by atoms with van der Waals surface area (Å²) < 4.78 is 5.71. The Kier molecular flexibility index (Phi) is 8.01. The first-order valence-corrected chi connectivity index (χ1v) is 13.1. The molecule has 0 aliphatic carbocycles. The van der Waals surface area contributed by atoms with E-state index in [2.05, 4.69) is 45.7 Å². The zero-order valence-corrected chi connectivity index (χ0v) is 15.9. The molecule has 0 N–H and O–H groups in total. The first-order valence-electron chi connectivity index (χ1n) is 6.20. The van der Waals surface area contributed by atoms with Crippen molar-refractivity contribution in [3.05, 3.63) is 65.7 Å². The third kappa shape index (κ3) is 5.88. The van der Waals surface area contributed by atoms with Gasteiger partial charge >= 0.3 is 30.0 Å². The average molecular weight is 371 g/mol. The predicted octanol–water partition coefficient (Wildman–Crippen LogP) is 5.03. The van der Waals surface area contributed by atoms with E-state index in [0.717, 1.165) is 11.3 Å². The molecule has 0 amide bonds. The third-order valence-corrected chi connectivity index (χ3v) is 2.72. The number of hydrogen-bond acceptors (Lipinski definition) is 1. The van der Waals surface area contributed by atoms with Crippen molar-refractivity contribution >= 4 is 13.6 Å². The molecule has 0 aromatic heterocycles. The van der Waals surface area contributed by atoms with Crippen molar-refractivity contribution in [2.24, 2.45) is 0 Å². The summed E-state index contributed by atoms with van der Waals surface area (Å²) in [5, 5.41) is 0. The van der Waals surface area contributed by atoms with Gasteiger partial charge in [-0.25, -0.2) is 0 Å². The molecule has 3 heteroatoms. The van der Waals surface area contributed by atoms with E-state index in [1.54, 1.807) is 0 Å². The van der Waals surface area contributed by atoms with Gasteiger partial charge in [-0.1, -0.05) is 26.0 Å². The Balaban J connectivity index is 0.000000861. The fraction of sp³-hybridized carbons (Fsp3) is 0.250. The summed E-state index contributed by atoms with van der Waals surface area (Å²) in [4.78, 5) is 0. The molecule has 0 unspecified atom stereocenters. The zero-order chi connectivity index (χ0) is 14.1. The van der Waals surface area contributed by atoms with Crippen LogP contribution in [-0.4, -0.2) is 0 Å². The van der Waals surface area contributed by atoms with Crippen LogP contribution in [0.3, 0.4) is 0 Å². The fourth-order valence-corrected chi connectivity index (χ4v) is 1.64. The summed E-state index contributed by atoms with van der Waals surface area (Å²) >= 11 is 4.25. The van der Waals surface area contributed by atoms with E-state index >= 15 is 0 Å². The fourth-order valence-electron chi connectivity index (χ4n) is 1.64. The van der Waals surface area contributed by atoms with Crippen molar-refractivity contribution in [2.45, 2.75) is 26.4 Å². The van der Waals surface area contributed by atoms with Crippen LogP contribution < -0.4 is 4.74 Å². The molecular weight excluding hydrogens is 353 g/mol. The van der Waals surface area contributed by atoms with Gasteiger partial charge in [-0.15, -0.1) is 5.56 Å². The predicted molar refractivity (Wildman–Crippen MR) is 79.1 cm³/mol. The average Bonchev–Trinajstić information content (AvgIpc) is 2.49. The standard InChI is InChI=1S/C16H17O.BrH.Zn/c1-13(2)15-8-10-16(11-9-15)17-12-14-6-4-3-5-7-14;;/h3-4,6-11,13H,12H2,1-2H3;1H;/q-1;;+2/p-1. The molecule has 19 heavy (non-hydrogen) atoms. The Morgan fingerprint density at radius 2 is 1.84 bits per heavy atom. The molecule has 0 aliphatic heterocycles. The number of benzene rings is 2. The van der Waals surface area contributed by atoms with E-state index in [4.69, 9.17) is 4.74 Å². The number of hydrogen-bond donors (Lipinski definition) is 0. The van der Waals surface area contributed by atoms with Crippen molar-refractivity contribution in [1.29, 1.82) is 0 Å². The number of ether oxygens (including phenoxy) is 1. The van der Waals surface area contributed by atoms with Gasteiger partial charge in [0.1, 0.15) is 5.75 Å². The molecule has 0 bridgehead atoms. The third-order valence-electron chi connectivity index (χ3n) is 2.72. The molecule has 0 aliphatic rings. The molecule has 96 valence electrons. The van der Waals surface area contributed by atoms with Gasteiger partial charge in [-0.05, 0) is 23.6 Å². The Hall–Kier alpha value is -0.657. The summed E-state index contributed by atoms with van der Waals surface area (Å²) in [5.41, 5.74) is 2.48. The SMILES string of the molecule is CC(C)c1ccc(OCc2c[c-]ccc2)cc1.[Zn+][Br]. The van der Waals surface area contributed by atoms with Gasteiger partial charge in [-0.2, -0.15) is 30.3 Å². The summed E-state index contributed by atoms with van der Waals surface area (Å²) in [6.45, 7) is 4.98. The monoisotopic (exact) mass is 368 g/mol. The Bertz CT molecular complexity index is 454. The van der Waals surface area contributed by atoms with Gasteiger partial charge in [0.2, 0.25) is 0 Å². The number of halogens is 1. The van der Waals surface area contributed by atoms with Gasteiger partial charge in [0.15, 0.2) is 0 Å². The van der Waals surface area contributed by atoms with Crippen LogP contribution in [-0.2, 0) is 22.9 Å². The molecule has 0 saturated heterocycles. The van der Waals surface area contributed by atoms with Crippen LogP contribution in [0.2, 0.25) is 0 Å². The molecule has 0 atom stereocenters. The van der Waals surface area contributed by atoms with Crippen molar-refractivity contribution in [3.8, 4) is 5.75 Å². The van der Waals surface area contributed by atoms with E-state index in [1.807, 2.05) is 36.4 Å². The van der Waals surface area contributed by atoms with E-state index < -0.39 is 0 Å². The molecule has 2 aromatic carbocycles. The van der Waals surface area contributed by atoms with Gasteiger partial charge in [0, 0.05) is 0 Å². The molecule has 1 nitrogen and oxygen atoms in total. The molecule has 0 saturated carbocycles. The molecule has 0 radical (unpaired) electrons. The quantitative estimate of drug-likeness (QED) is 0.542. The van der Waals surface area contributed by atoms with Crippen molar-refractivity contribution in [3.63, 3.8) is 0 Å². The van der Waals surface area contributed by atoms with Crippen LogP contribution in [0.4, 0.5) is 0 Å². The Labute approximate surface area is 132 Å². The molecule has 2 rings (SSSR count). The van der Waals surface area contributed by atoms with E-state index in [1.165, 1.54) is 21.9 Å². The second-order valence-electron chi connectivity index (χ2n) is 4.42. The van der Waals surface area contributed by atoms with E-state index in [9.17, 15) is 0 Å². The number of rotatable bonds is 4. The summed E-state index contributed by atoms with van der Waals surface area (Å²) in [5.74, 6) is 1.48. The minimum atomic E-state index is 0.563. The van der Waals surface area contributed by atoms with Gasteiger partial charge in [-0.3, -0.25) is 0 Å². The van der Waals surface area contributed by atoms with Crippen LogP contribution in [0.25, 0.3) is 0 Å². The maximum atomic E-state index is 5.71. The van der Waals surface area contributed by atoms with Crippen LogP contribution in [0.1, 0.15) is 30.9 Å². The van der Waals surface area contributed by atoms with Gasteiger partial charge in [0.25, 0.3) is 0 Å². The summed E-state index contributed by atoms with van der Waals surface area (Å²) in [6, 6.07) is 19.2. The molecule has 0 heterocycles. The summed E-state index contributed by atoms with van der Waals surface area (Å²) in [6.07, 6.45) is 0. The molecule has 0 fully saturated rings. The zero-order valence-electron chi connectivity index (χ0n) is 11.4. The van der Waals surface area contributed by atoms with Crippen molar-refractivity contribution < 1.29 is 21.1 Å². The second kappa shape index (κ2) is 9.28. The first-order chi connectivity index (χ1) is 9.25. The van der Waals surface area contributed by atoms with E-state index in [-0.39, 0.29) is 0 Å². The molecule has 0 spiro atoms. The van der Waals surface area contributed by atoms with Crippen molar-refractivity contribution in [1.82, 2.24) is 0 Å². The Morgan fingerprint density at radius 3 is 2.37 bits per heavy atom. The normalized spacial score (nSPS) is 9.79. The Morgan fingerprint density at radius 1 is 1.16 bits per heavy atom. The molecular formula is C16H17BrOZn. The van der Waals surface area contributed by atoms with Crippen LogP contribution in [0.15, 0.2) is 48.5 Å². The maximum absolute atomic E-state index is 5.71. The van der Waals surface area contributed by atoms with Crippen LogP contribution in [0, 0.1) is 6.07 Å². The van der Waals surface area contributed by atoms with Gasteiger partial charge < -0.3 is 4.74 Å². The van der Waals surface area contributed by atoms with Gasteiger partial charge in [0.05, 0.1) is 6.61 Å².